The number of fused-ring (bicyclic) bond motifs is 1. The van der Waals surface area contributed by atoms with Gasteiger partial charge in [-0.15, -0.1) is 0 Å². The average molecular weight is 322 g/mol. The van der Waals surface area contributed by atoms with Gasteiger partial charge in [-0.2, -0.15) is 0 Å². The van der Waals surface area contributed by atoms with Crippen LogP contribution in [0, 0.1) is 11.3 Å². The second kappa shape index (κ2) is 6.23. The monoisotopic (exact) mass is 322 g/mol. The van der Waals surface area contributed by atoms with E-state index in [1.807, 2.05) is 0 Å². The molecule has 0 bridgehead atoms. The maximum absolute atomic E-state index is 12.5. The van der Waals surface area contributed by atoms with Gasteiger partial charge in [0, 0.05) is 20.2 Å². The molecule has 2 fully saturated rings. The van der Waals surface area contributed by atoms with Crippen LogP contribution in [0.15, 0.2) is 22.8 Å². The van der Waals surface area contributed by atoms with Gasteiger partial charge in [-0.1, -0.05) is 6.42 Å². The van der Waals surface area contributed by atoms with Gasteiger partial charge in [0.25, 0.3) is 0 Å². The van der Waals surface area contributed by atoms with Gasteiger partial charge in [-0.05, 0) is 30.9 Å². The van der Waals surface area contributed by atoms with Crippen LogP contribution < -0.4 is 5.32 Å². The molecule has 1 aliphatic carbocycles. The topological polar surface area (TPSA) is 92.0 Å². The predicted octanol–water partition coefficient (Wildman–Crippen LogP) is 1.86. The average Bonchev–Trinajstić information content (AvgIpc) is 3.21. The minimum Gasteiger partial charge on any atom is -0.481 e. The van der Waals surface area contributed by atoms with E-state index in [0.29, 0.717) is 25.3 Å². The Bertz CT molecular complexity index is 573. The first-order valence-electron chi connectivity index (χ1n) is 7.88. The lowest BCUT2D eigenvalue weighted by Crippen LogP contribution is -2.43. The van der Waals surface area contributed by atoms with Crippen LogP contribution in [0.1, 0.15) is 31.1 Å². The quantitative estimate of drug-likeness (QED) is 0.863. The van der Waals surface area contributed by atoms with Crippen molar-refractivity contribution in [2.45, 2.75) is 25.3 Å². The first-order chi connectivity index (χ1) is 11.1. The SMILES string of the molecule is COCC(NC(=O)N1C[C@@H]2CCC[C@@]2(C(=O)O)C1)c1ccco1. The molecule has 1 aromatic rings. The molecule has 3 atom stereocenters. The van der Waals surface area contributed by atoms with Crippen LogP contribution in [0.3, 0.4) is 0 Å². The number of likely N-dealkylation sites (tertiary alicyclic amines) is 1. The van der Waals surface area contributed by atoms with Crippen LogP contribution in [-0.4, -0.2) is 48.8 Å². The molecular weight excluding hydrogens is 300 g/mol. The van der Waals surface area contributed by atoms with E-state index in [2.05, 4.69) is 5.32 Å². The summed E-state index contributed by atoms with van der Waals surface area (Å²) in [5.41, 5.74) is -0.765. The van der Waals surface area contributed by atoms with E-state index in [1.54, 1.807) is 30.4 Å². The summed E-state index contributed by atoms with van der Waals surface area (Å²) in [7, 11) is 1.56. The maximum Gasteiger partial charge on any atom is 0.318 e. The number of carbonyl (C=O) groups is 2. The highest BCUT2D eigenvalue weighted by molar-refractivity contribution is 5.80. The van der Waals surface area contributed by atoms with Crippen molar-refractivity contribution in [1.29, 1.82) is 0 Å². The Labute approximate surface area is 134 Å². The van der Waals surface area contributed by atoms with E-state index in [1.165, 1.54) is 0 Å². The van der Waals surface area contributed by atoms with Crippen molar-refractivity contribution in [2.75, 3.05) is 26.8 Å². The zero-order valence-electron chi connectivity index (χ0n) is 13.2. The van der Waals surface area contributed by atoms with E-state index < -0.39 is 11.4 Å². The van der Waals surface area contributed by atoms with Gasteiger partial charge in [0.2, 0.25) is 0 Å². The Morgan fingerprint density at radius 3 is 3.04 bits per heavy atom. The highest BCUT2D eigenvalue weighted by Gasteiger charge is 2.55. The van der Waals surface area contributed by atoms with Crippen molar-refractivity contribution >= 4 is 12.0 Å². The number of carboxylic acid groups (broad SMARTS) is 1. The number of rotatable bonds is 5. The van der Waals surface area contributed by atoms with Crippen molar-refractivity contribution in [3.8, 4) is 0 Å². The van der Waals surface area contributed by atoms with Gasteiger partial charge in [-0.25, -0.2) is 4.79 Å². The van der Waals surface area contributed by atoms with E-state index in [0.717, 1.165) is 12.8 Å². The summed E-state index contributed by atoms with van der Waals surface area (Å²) >= 11 is 0. The summed E-state index contributed by atoms with van der Waals surface area (Å²) in [6.45, 7) is 1.06. The fraction of sp³-hybridized carbons (Fsp3) is 0.625. The lowest BCUT2D eigenvalue weighted by Gasteiger charge is -2.24. The number of carbonyl (C=O) groups excluding carboxylic acids is 1. The van der Waals surface area contributed by atoms with Crippen molar-refractivity contribution in [3.05, 3.63) is 24.2 Å². The molecule has 126 valence electrons. The van der Waals surface area contributed by atoms with Crippen molar-refractivity contribution in [2.24, 2.45) is 11.3 Å². The molecule has 7 nitrogen and oxygen atoms in total. The predicted molar refractivity (Wildman–Crippen MR) is 80.8 cm³/mol. The normalized spacial score (nSPS) is 27.7. The van der Waals surface area contributed by atoms with Crippen LogP contribution in [0.4, 0.5) is 4.79 Å². The molecule has 0 aromatic carbocycles. The Hall–Kier alpha value is -2.02. The third-order valence-corrected chi connectivity index (χ3v) is 5.10. The van der Waals surface area contributed by atoms with Crippen molar-refractivity contribution in [1.82, 2.24) is 10.2 Å². The molecular formula is C16H22N2O5. The number of ether oxygens (including phenoxy) is 1. The third-order valence-electron chi connectivity index (χ3n) is 5.10. The molecule has 0 radical (unpaired) electrons. The van der Waals surface area contributed by atoms with Crippen molar-refractivity contribution in [3.63, 3.8) is 0 Å². The van der Waals surface area contributed by atoms with Crippen LogP contribution in [-0.2, 0) is 9.53 Å². The molecule has 2 heterocycles. The molecule has 1 aliphatic heterocycles. The molecule has 23 heavy (non-hydrogen) atoms. The fourth-order valence-electron chi connectivity index (χ4n) is 3.89. The Balaban J connectivity index is 1.68. The first kappa shape index (κ1) is 15.9. The summed E-state index contributed by atoms with van der Waals surface area (Å²) < 4.78 is 10.5. The number of furan rings is 1. The first-order valence-corrected chi connectivity index (χ1v) is 7.88. The number of methoxy groups -OCH3 is 1. The smallest absolute Gasteiger partial charge is 0.318 e. The lowest BCUT2D eigenvalue weighted by molar-refractivity contribution is -0.149. The summed E-state index contributed by atoms with van der Waals surface area (Å²) in [5, 5.41) is 12.5. The van der Waals surface area contributed by atoms with Gasteiger partial charge in [0.1, 0.15) is 11.8 Å². The molecule has 3 rings (SSSR count). The highest BCUT2D eigenvalue weighted by atomic mass is 16.5. The summed E-state index contributed by atoms with van der Waals surface area (Å²) in [6, 6.07) is 2.88. The molecule has 1 saturated carbocycles. The van der Waals surface area contributed by atoms with Gasteiger partial charge in [0.15, 0.2) is 0 Å². The number of nitrogens with zero attached hydrogens (tertiary/aromatic N) is 1. The summed E-state index contributed by atoms with van der Waals surface area (Å²) in [4.78, 5) is 25.9. The van der Waals surface area contributed by atoms with Gasteiger partial charge >= 0.3 is 12.0 Å². The van der Waals surface area contributed by atoms with Gasteiger partial charge in [0.05, 0.1) is 18.3 Å². The summed E-state index contributed by atoms with van der Waals surface area (Å²) in [6.07, 6.45) is 3.99. The Morgan fingerprint density at radius 1 is 1.61 bits per heavy atom. The fourth-order valence-corrected chi connectivity index (χ4v) is 3.89. The van der Waals surface area contributed by atoms with Gasteiger partial charge < -0.3 is 24.5 Å². The summed E-state index contributed by atoms with van der Waals surface area (Å²) in [5.74, 6) is -0.113. The lowest BCUT2D eigenvalue weighted by atomic mass is 9.81. The number of urea groups is 1. The molecule has 2 aliphatic rings. The Morgan fingerprint density at radius 2 is 2.43 bits per heavy atom. The minimum absolute atomic E-state index is 0.0511. The van der Waals surface area contributed by atoms with Crippen LogP contribution in [0.25, 0.3) is 0 Å². The molecule has 2 N–H and O–H groups in total. The zero-order chi connectivity index (χ0) is 16.4. The molecule has 1 saturated heterocycles. The molecule has 1 unspecified atom stereocenters. The van der Waals surface area contributed by atoms with Crippen molar-refractivity contribution < 1.29 is 23.8 Å². The molecule has 2 amide bonds. The largest absolute Gasteiger partial charge is 0.481 e. The van der Waals surface area contributed by atoms with Crippen LogP contribution in [0.2, 0.25) is 0 Å². The second-order valence-electron chi connectivity index (χ2n) is 6.40. The number of hydrogen-bond donors (Lipinski definition) is 2. The molecule has 1 aromatic heterocycles. The molecule has 0 spiro atoms. The minimum atomic E-state index is -0.783. The van der Waals surface area contributed by atoms with Gasteiger partial charge in [-0.3, -0.25) is 4.79 Å². The second-order valence-corrected chi connectivity index (χ2v) is 6.40. The number of hydrogen-bond acceptors (Lipinski definition) is 4. The number of carboxylic acids is 1. The standard InChI is InChI=1S/C16H22N2O5/c1-22-9-12(13-5-3-7-23-13)17-15(21)18-8-11-4-2-6-16(11,10-18)14(19)20/h3,5,7,11-12H,2,4,6,8-10H2,1H3,(H,17,21)(H,19,20)/t11-,12?,16+/m0/s1. The number of nitrogens with one attached hydrogen (secondary N) is 1. The zero-order valence-corrected chi connectivity index (χ0v) is 13.2. The van der Waals surface area contributed by atoms with E-state index in [-0.39, 0.29) is 24.5 Å². The van der Waals surface area contributed by atoms with E-state index in [4.69, 9.17) is 9.15 Å². The van der Waals surface area contributed by atoms with Crippen LogP contribution in [0.5, 0.6) is 0 Å². The Kier molecular flexibility index (Phi) is 4.30. The van der Waals surface area contributed by atoms with E-state index in [9.17, 15) is 14.7 Å². The maximum atomic E-state index is 12.5. The van der Waals surface area contributed by atoms with E-state index >= 15 is 0 Å². The highest BCUT2D eigenvalue weighted by Crippen LogP contribution is 2.48. The number of amides is 2. The molecule has 7 heteroatoms. The third kappa shape index (κ3) is 2.81. The number of aliphatic carboxylic acids is 1. The van der Waals surface area contributed by atoms with Crippen LogP contribution >= 0.6 is 0 Å².